The van der Waals surface area contributed by atoms with Gasteiger partial charge in [0.2, 0.25) is 21.8 Å². The van der Waals surface area contributed by atoms with Crippen LogP contribution in [-0.2, 0) is 26.2 Å². The Balaban J connectivity index is 1.72. The summed E-state index contributed by atoms with van der Waals surface area (Å²) in [5.74, 6) is -1.95. The van der Waals surface area contributed by atoms with Gasteiger partial charge in [0.15, 0.2) is 0 Å². The van der Waals surface area contributed by atoms with E-state index in [4.69, 9.17) is 5.14 Å². The highest BCUT2D eigenvalue weighted by molar-refractivity contribution is 7.89. The van der Waals surface area contributed by atoms with Crippen molar-refractivity contribution >= 4 is 27.5 Å². The summed E-state index contributed by atoms with van der Waals surface area (Å²) >= 11 is 0. The first kappa shape index (κ1) is 18.0. The fourth-order valence-electron chi connectivity index (χ4n) is 2.78. The number of benzene rings is 2. The van der Waals surface area contributed by atoms with Gasteiger partial charge in [-0.05, 0) is 35.4 Å². The van der Waals surface area contributed by atoms with E-state index in [0.717, 1.165) is 0 Å². The van der Waals surface area contributed by atoms with Crippen LogP contribution in [0.5, 0.6) is 0 Å². The number of carbonyl (C=O) groups is 2. The molecule has 2 aromatic carbocycles. The Labute approximate surface area is 149 Å². The zero-order chi connectivity index (χ0) is 18.9. The third-order valence-corrected chi connectivity index (χ3v) is 5.02. The minimum absolute atomic E-state index is 0.0208. The van der Waals surface area contributed by atoms with Crippen molar-refractivity contribution in [3.05, 3.63) is 59.4 Å². The van der Waals surface area contributed by atoms with Gasteiger partial charge in [-0.25, -0.2) is 17.9 Å². The lowest BCUT2D eigenvalue weighted by Crippen LogP contribution is -2.34. The smallest absolute Gasteiger partial charge is 0.238 e. The number of rotatable bonds is 4. The highest BCUT2D eigenvalue weighted by Crippen LogP contribution is 2.32. The standard InChI is InChI=1S/C17H16FN3O4S/c18-11-3-6-13-14(8-16(22)21-15(13)7-11)17(23)20-9-10-1-4-12(5-2-10)26(19,24)25/h1-7,14H,8-9H2,(H,20,23)(H,21,22)(H2,19,24,25). The van der Waals surface area contributed by atoms with Crippen LogP contribution in [0.25, 0.3) is 0 Å². The van der Waals surface area contributed by atoms with Gasteiger partial charge in [-0.2, -0.15) is 0 Å². The van der Waals surface area contributed by atoms with Gasteiger partial charge in [0, 0.05) is 18.7 Å². The lowest BCUT2D eigenvalue weighted by atomic mass is 9.89. The molecule has 136 valence electrons. The molecule has 3 rings (SSSR count). The Hall–Kier alpha value is -2.78. The molecule has 0 aromatic heterocycles. The molecule has 0 aliphatic carbocycles. The number of carbonyl (C=O) groups excluding carboxylic acids is 2. The van der Waals surface area contributed by atoms with E-state index in [2.05, 4.69) is 10.6 Å². The molecule has 0 radical (unpaired) electrons. The molecular weight excluding hydrogens is 361 g/mol. The topological polar surface area (TPSA) is 118 Å². The van der Waals surface area contributed by atoms with Gasteiger partial charge in [-0.1, -0.05) is 18.2 Å². The van der Waals surface area contributed by atoms with Crippen LogP contribution in [-0.4, -0.2) is 20.2 Å². The maximum atomic E-state index is 13.3. The summed E-state index contributed by atoms with van der Waals surface area (Å²) in [5, 5.41) is 10.3. The van der Waals surface area contributed by atoms with Crippen LogP contribution in [0.2, 0.25) is 0 Å². The van der Waals surface area contributed by atoms with E-state index in [0.29, 0.717) is 16.8 Å². The zero-order valence-electron chi connectivity index (χ0n) is 13.5. The molecule has 4 N–H and O–H groups in total. The molecule has 1 unspecified atom stereocenters. The lowest BCUT2D eigenvalue weighted by molar-refractivity contribution is -0.126. The molecule has 1 heterocycles. The molecule has 2 amide bonds. The number of halogens is 1. The van der Waals surface area contributed by atoms with Crippen molar-refractivity contribution in [3.63, 3.8) is 0 Å². The van der Waals surface area contributed by atoms with E-state index in [9.17, 15) is 22.4 Å². The van der Waals surface area contributed by atoms with Crippen LogP contribution in [0.1, 0.15) is 23.5 Å². The van der Waals surface area contributed by atoms with Gasteiger partial charge in [-0.15, -0.1) is 0 Å². The number of fused-ring (bicyclic) bond motifs is 1. The Bertz CT molecular complexity index is 974. The summed E-state index contributed by atoms with van der Waals surface area (Å²) in [7, 11) is -3.77. The molecule has 0 bridgehead atoms. The quantitative estimate of drug-likeness (QED) is 0.742. The Kier molecular flexibility index (Phi) is 4.75. The van der Waals surface area contributed by atoms with Crippen molar-refractivity contribution in [2.45, 2.75) is 23.8 Å². The second-order valence-corrected chi connectivity index (χ2v) is 7.50. The van der Waals surface area contributed by atoms with Crippen LogP contribution in [0, 0.1) is 5.82 Å². The van der Waals surface area contributed by atoms with Crippen LogP contribution >= 0.6 is 0 Å². The largest absolute Gasteiger partial charge is 0.351 e. The summed E-state index contributed by atoms with van der Waals surface area (Å²) in [6.45, 7) is 0.151. The number of amides is 2. The normalized spacial score (nSPS) is 16.5. The SMILES string of the molecule is NS(=O)(=O)c1ccc(CNC(=O)C2CC(=O)Nc3cc(F)ccc32)cc1. The summed E-state index contributed by atoms with van der Waals surface area (Å²) in [5.41, 5.74) is 1.51. The van der Waals surface area contributed by atoms with E-state index in [-0.39, 0.29) is 29.7 Å². The van der Waals surface area contributed by atoms with Crippen molar-refractivity contribution in [1.29, 1.82) is 0 Å². The van der Waals surface area contributed by atoms with Crippen LogP contribution in [0.4, 0.5) is 10.1 Å². The minimum atomic E-state index is -3.77. The van der Waals surface area contributed by atoms with E-state index < -0.39 is 21.8 Å². The molecule has 26 heavy (non-hydrogen) atoms. The summed E-state index contributed by atoms with van der Waals surface area (Å²) in [4.78, 5) is 24.2. The van der Waals surface area contributed by atoms with E-state index in [1.807, 2.05) is 0 Å². The molecule has 2 aromatic rings. The average molecular weight is 377 g/mol. The maximum absolute atomic E-state index is 13.3. The van der Waals surface area contributed by atoms with E-state index >= 15 is 0 Å². The van der Waals surface area contributed by atoms with Crippen molar-refractivity contribution in [1.82, 2.24) is 5.32 Å². The van der Waals surface area contributed by atoms with Crippen LogP contribution in [0.15, 0.2) is 47.4 Å². The highest BCUT2D eigenvalue weighted by atomic mass is 32.2. The van der Waals surface area contributed by atoms with Gasteiger partial charge in [0.25, 0.3) is 0 Å². The van der Waals surface area contributed by atoms with Gasteiger partial charge in [-0.3, -0.25) is 9.59 Å². The van der Waals surface area contributed by atoms with Gasteiger partial charge < -0.3 is 10.6 Å². The van der Waals surface area contributed by atoms with Crippen molar-refractivity contribution in [2.24, 2.45) is 5.14 Å². The number of sulfonamides is 1. The molecule has 1 atom stereocenters. The predicted molar refractivity (Wildman–Crippen MR) is 92.0 cm³/mol. The van der Waals surface area contributed by atoms with Crippen LogP contribution in [0.3, 0.4) is 0 Å². The molecule has 1 aliphatic rings. The third-order valence-electron chi connectivity index (χ3n) is 4.09. The third kappa shape index (κ3) is 3.89. The minimum Gasteiger partial charge on any atom is -0.351 e. The maximum Gasteiger partial charge on any atom is 0.238 e. The summed E-state index contributed by atoms with van der Waals surface area (Å²) < 4.78 is 35.8. The first-order valence-corrected chi connectivity index (χ1v) is 9.27. The van der Waals surface area contributed by atoms with Crippen molar-refractivity contribution < 1.29 is 22.4 Å². The highest BCUT2D eigenvalue weighted by Gasteiger charge is 2.30. The Morgan fingerprint density at radius 3 is 2.58 bits per heavy atom. The summed E-state index contributed by atoms with van der Waals surface area (Å²) in [6.07, 6.45) is -0.0329. The molecule has 0 saturated carbocycles. The van der Waals surface area contributed by atoms with Gasteiger partial charge in [0.1, 0.15) is 5.82 Å². The average Bonchev–Trinajstić information content (AvgIpc) is 2.58. The predicted octanol–water partition coefficient (Wildman–Crippen LogP) is 1.22. The van der Waals surface area contributed by atoms with Gasteiger partial charge in [0.05, 0.1) is 10.8 Å². The number of hydrogen-bond acceptors (Lipinski definition) is 4. The molecule has 9 heteroatoms. The lowest BCUT2D eigenvalue weighted by Gasteiger charge is -2.25. The van der Waals surface area contributed by atoms with Gasteiger partial charge >= 0.3 is 0 Å². The first-order chi connectivity index (χ1) is 12.2. The Morgan fingerprint density at radius 1 is 1.23 bits per heavy atom. The molecular formula is C17H16FN3O4S. The number of anilines is 1. The number of nitrogens with one attached hydrogen (secondary N) is 2. The van der Waals surface area contributed by atoms with Crippen molar-refractivity contribution in [2.75, 3.05) is 5.32 Å². The fourth-order valence-corrected chi connectivity index (χ4v) is 3.30. The molecule has 0 spiro atoms. The van der Waals surface area contributed by atoms with E-state index in [1.54, 1.807) is 0 Å². The molecule has 1 aliphatic heterocycles. The second-order valence-electron chi connectivity index (χ2n) is 5.94. The molecule has 7 nitrogen and oxygen atoms in total. The number of hydrogen-bond donors (Lipinski definition) is 3. The molecule has 0 saturated heterocycles. The second kappa shape index (κ2) is 6.85. The number of nitrogens with two attached hydrogens (primary N) is 1. The zero-order valence-corrected chi connectivity index (χ0v) is 14.3. The Morgan fingerprint density at radius 2 is 1.92 bits per heavy atom. The first-order valence-electron chi connectivity index (χ1n) is 7.73. The summed E-state index contributed by atoms with van der Waals surface area (Å²) in [6, 6.07) is 9.68. The molecule has 0 fully saturated rings. The number of primary sulfonamides is 1. The van der Waals surface area contributed by atoms with Crippen LogP contribution < -0.4 is 15.8 Å². The fraction of sp³-hybridized carbons (Fsp3) is 0.176. The monoisotopic (exact) mass is 377 g/mol. The van der Waals surface area contributed by atoms with Crippen molar-refractivity contribution in [3.8, 4) is 0 Å². The van der Waals surface area contributed by atoms with E-state index in [1.165, 1.54) is 42.5 Å².